The fourth-order valence-corrected chi connectivity index (χ4v) is 1.70. The van der Waals surface area contributed by atoms with Crippen molar-refractivity contribution >= 4 is 5.84 Å². The summed E-state index contributed by atoms with van der Waals surface area (Å²) in [5.74, 6) is 7.56. The highest BCUT2D eigenvalue weighted by Gasteiger charge is 2.18. The van der Waals surface area contributed by atoms with E-state index in [1.165, 1.54) is 0 Å². The topological polar surface area (TPSA) is 68.9 Å². The number of amidine groups is 1. The van der Waals surface area contributed by atoms with Crippen molar-refractivity contribution in [3.8, 4) is 11.5 Å². The van der Waals surface area contributed by atoms with Crippen LogP contribution in [0.3, 0.4) is 0 Å². The largest absolute Gasteiger partial charge is 0.486 e. The molecule has 92 valence electrons. The first-order valence-corrected chi connectivity index (χ1v) is 5.65. The van der Waals surface area contributed by atoms with Crippen LogP contribution in [0.25, 0.3) is 0 Å². The monoisotopic (exact) mass is 235 g/mol. The maximum absolute atomic E-state index is 5.62. The molecule has 17 heavy (non-hydrogen) atoms. The molecule has 0 radical (unpaired) electrons. The first kappa shape index (κ1) is 11.7. The number of aliphatic imine (C=N–C) groups is 1. The molecule has 0 saturated heterocycles. The fourth-order valence-electron chi connectivity index (χ4n) is 1.70. The van der Waals surface area contributed by atoms with Gasteiger partial charge in [0.15, 0.2) is 11.5 Å². The Kier molecular flexibility index (Phi) is 3.49. The third kappa shape index (κ3) is 2.50. The number of ether oxygens (including phenoxy) is 2. The lowest BCUT2D eigenvalue weighted by Crippen LogP contribution is -2.33. The Hall–Kier alpha value is -1.75. The third-order valence-corrected chi connectivity index (χ3v) is 2.35. The van der Waals surface area contributed by atoms with Crippen molar-refractivity contribution < 1.29 is 9.47 Å². The number of para-hydroxylation sites is 1. The van der Waals surface area contributed by atoms with Gasteiger partial charge in [-0.05, 0) is 26.0 Å². The molecule has 2 rings (SSSR count). The normalized spacial score (nSPS) is 14.9. The summed E-state index contributed by atoms with van der Waals surface area (Å²) in [6.45, 7) is 5.10. The van der Waals surface area contributed by atoms with Crippen LogP contribution in [0.2, 0.25) is 0 Å². The summed E-state index contributed by atoms with van der Waals surface area (Å²) >= 11 is 0. The Bertz CT molecular complexity index is 430. The second-order valence-corrected chi connectivity index (χ2v) is 4.05. The molecule has 5 heteroatoms. The van der Waals surface area contributed by atoms with Crippen LogP contribution < -0.4 is 20.7 Å². The van der Waals surface area contributed by atoms with Crippen molar-refractivity contribution in [3.05, 3.63) is 23.8 Å². The summed E-state index contributed by atoms with van der Waals surface area (Å²) in [6, 6.07) is 5.84. The van der Waals surface area contributed by atoms with E-state index < -0.39 is 0 Å². The number of nitrogens with two attached hydrogens (primary N) is 1. The minimum absolute atomic E-state index is 0.154. The summed E-state index contributed by atoms with van der Waals surface area (Å²) < 4.78 is 11.1. The first-order valence-electron chi connectivity index (χ1n) is 5.65. The van der Waals surface area contributed by atoms with E-state index in [0.29, 0.717) is 24.8 Å². The van der Waals surface area contributed by atoms with Crippen molar-refractivity contribution in [2.45, 2.75) is 19.9 Å². The molecule has 1 aliphatic rings. The minimum atomic E-state index is 0.154. The molecule has 1 aliphatic heterocycles. The van der Waals surface area contributed by atoms with E-state index in [4.69, 9.17) is 15.3 Å². The molecule has 1 aromatic rings. The molecular formula is C12H17N3O2. The van der Waals surface area contributed by atoms with Gasteiger partial charge in [-0.1, -0.05) is 6.07 Å². The van der Waals surface area contributed by atoms with E-state index in [1.54, 1.807) is 0 Å². The highest BCUT2D eigenvalue weighted by atomic mass is 16.6. The van der Waals surface area contributed by atoms with Gasteiger partial charge in [-0.3, -0.25) is 4.99 Å². The van der Waals surface area contributed by atoms with Gasteiger partial charge in [0, 0.05) is 6.04 Å². The van der Waals surface area contributed by atoms with E-state index in [1.807, 2.05) is 32.0 Å². The zero-order valence-corrected chi connectivity index (χ0v) is 10.1. The van der Waals surface area contributed by atoms with Crippen LogP contribution in [0.15, 0.2) is 23.2 Å². The van der Waals surface area contributed by atoms with Gasteiger partial charge in [-0.25, -0.2) is 5.84 Å². The van der Waals surface area contributed by atoms with E-state index in [-0.39, 0.29) is 6.04 Å². The van der Waals surface area contributed by atoms with E-state index in [2.05, 4.69) is 10.4 Å². The zero-order valence-electron chi connectivity index (χ0n) is 10.1. The SMILES string of the molecule is CC(C)N=C(NN)c1cccc2c1OCCO2. The first-order chi connectivity index (χ1) is 8.22. The molecule has 0 aromatic heterocycles. The second kappa shape index (κ2) is 5.05. The predicted molar refractivity (Wildman–Crippen MR) is 66.4 cm³/mol. The quantitative estimate of drug-likeness (QED) is 0.348. The number of benzene rings is 1. The highest BCUT2D eigenvalue weighted by Crippen LogP contribution is 2.33. The van der Waals surface area contributed by atoms with E-state index in [9.17, 15) is 0 Å². The van der Waals surface area contributed by atoms with Gasteiger partial charge in [-0.15, -0.1) is 0 Å². The van der Waals surface area contributed by atoms with Crippen LogP contribution >= 0.6 is 0 Å². The third-order valence-electron chi connectivity index (χ3n) is 2.35. The summed E-state index contributed by atoms with van der Waals surface area (Å²) in [7, 11) is 0. The van der Waals surface area contributed by atoms with Gasteiger partial charge < -0.3 is 14.9 Å². The van der Waals surface area contributed by atoms with Gasteiger partial charge in [0.25, 0.3) is 0 Å². The molecule has 3 N–H and O–H groups in total. The summed E-state index contributed by atoms with van der Waals surface area (Å²) in [4.78, 5) is 4.42. The Labute approximate surface area is 101 Å². The average Bonchev–Trinajstić information content (AvgIpc) is 2.35. The van der Waals surface area contributed by atoms with Crippen LogP contribution in [-0.4, -0.2) is 25.1 Å². The van der Waals surface area contributed by atoms with Crippen molar-refractivity contribution in [3.63, 3.8) is 0 Å². The van der Waals surface area contributed by atoms with Crippen molar-refractivity contribution in [1.82, 2.24) is 5.43 Å². The number of hydrogen-bond acceptors (Lipinski definition) is 4. The second-order valence-electron chi connectivity index (χ2n) is 4.05. The number of hydrazine groups is 1. The molecule has 0 atom stereocenters. The fraction of sp³-hybridized carbons (Fsp3) is 0.417. The van der Waals surface area contributed by atoms with Gasteiger partial charge >= 0.3 is 0 Å². The van der Waals surface area contributed by atoms with E-state index in [0.717, 1.165) is 11.3 Å². The molecule has 0 fully saturated rings. The van der Waals surface area contributed by atoms with Gasteiger partial charge in [0.1, 0.15) is 19.0 Å². The molecule has 0 amide bonds. The van der Waals surface area contributed by atoms with Crippen molar-refractivity contribution in [2.24, 2.45) is 10.8 Å². The summed E-state index contributed by atoms with van der Waals surface area (Å²) in [5, 5.41) is 0. The molecule has 1 aromatic carbocycles. The minimum Gasteiger partial charge on any atom is -0.486 e. The van der Waals surface area contributed by atoms with Crippen LogP contribution in [0.4, 0.5) is 0 Å². The van der Waals surface area contributed by atoms with Crippen LogP contribution in [0.5, 0.6) is 11.5 Å². The lowest BCUT2D eigenvalue weighted by molar-refractivity contribution is 0.171. The maximum atomic E-state index is 5.62. The predicted octanol–water partition coefficient (Wildman–Crippen LogP) is 1.08. The van der Waals surface area contributed by atoms with Gasteiger partial charge in [0.2, 0.25) is 0 Å². The maximum Gasteiger partial charge on any atom is 0.172 e. The van der Waals surface area contributed by atoms with Crippen molar-refractivity contribution in [1.29, 1.82) is 0 Å². The molecule has 0 unspecified atom stereocenters. The Balaban J connectivity index is 2.43. The standard InChI is InChI=1S/C12H17N3O2/c1-8(2)14-12(15-13)9-4-3-5-10-11(9)17-7-6-16-10/h3-5,8H,6-7,13H2,1-2H3,(H,14,15). The molecule has 0 saturated carbocycles. The Morgan fingerprint density at radius 2 is 2.12 bits per heavy atom. The molecular weight excluding hydrogens is 218 g/mol. The lowest BCUT2D eigenvalue weighted by atomic mass is 10.1. The number of nitrogens with zero attached hydrogens (tertiary/aromatic N) is 1. The van der Waals surface area contributed by atoms with Crippen LogP contribution in [0, 0.1) is 0 Å². The molecule has 5 nitrogen and oxygen atoms in total. The van der Waals surface area contributed by atoms with E-state index >= 15 is 0 Å². The Morgan fingerprint density at radius 3 is 2.82 bits per heavy atom. The summed E-state index contributed by atoms with van der Waals surface area (Å²) in [5.41, 5.74) is 3.45. The average molecular weight is 235 g/mol. The molecule has 0 spiro atoms. The highest BCUT2D eigenvalue weighted by molar-refractivity contribution is 6.01. The number of nitrogens with one attached hydrogen (secondary N) is 1. The smallest absolute Gasteiger partial charge is 0.172 e. The molecule has 0 aliphatic carbocycles. The Morgan fingerprint density at radius 1 is 1.35 bits per heavy atom. The number of hydrogen-bond donors (Lipinski definition) is 2. The summed E-state index contributed by atoms with van der Waals surface area (Å²) in [6.07, 6.45) is 0. The molecule has 1 heterocycles. The van der Waals surface area contributed by atoms with Gasteiger partial charge in [0.05, 0.1) is 5.56 Å². The molecule has 0 bridgehead atoms. The number of fused-ring (bicyclic) bond motifs is 1. The number of rotatable bonds is 2. The zero-order chi connectivity index (χ0) is 12.3. The lowest BCUT2D eigenvalue weighted by Gasteiger charge is -2.21. The van der Waals surface area contributed by atoms with Crippen LogP contribution in [0.1, 0.15) is 19.4 Å². The van der Waals surface area contributed by atoms with Crippen LogP contribution in [-0.2, 0) is 0 Å². The van der Waals surface area contributed by atoms with Gasteiger partial charge in [-0.2, -0.15) is 0 Å². The van der Waals surface area contributed by atoms with Crippen molar-refractivity contribution in [2.75, 3.05) is 13.2 Å².